The van der Waals surface area contributed by atoms with E-state index in [2.05, 4.69) is 20.5 Å². The van der Waals surface area contributed by atoms with E-state index in [1.54, 1.807) is 23.1 Å². The number of aromatic nitrogens is 4. The molecule has 10 heteroatoms. The lowest BCUT2D eigenvalue weighted by Gasteiger charge is -2.10. The Morgan fingerprint density at radius 2 is 2.04 bits per heavy atom. The Morgan fingerprint density at radius 1 is 1.30 bits per heavy atom. The Kier molecular flexibility index (Phi) is 5.87. The predicted molar refractivity (Wildman–Crippen MR) is 105 cm³/mol. The number of nitrogens with two attached hydrogens (primary N) is 1. The topological polar surface area (TPSA) is 116 Å². The quantitative estimate of drug-likeness (QED) is 0.587. The molecule has 8 nitrogen and oxygen atoms in total. The van der Waals surface area contributed by atoms with Gasteiger partial charge in [0.1, 0.15) is 10.3 Å². The van der Waals surface area contributed by atoms with E-state index < -0.39 is 11.2 Å². The number of rotatable bonds is 7. The van der Waals surface area contributed by atoms with Crippen LogP contribution >= 0.6 is 23.1 Å². The monoisotopic (exact) mass is 402 g/mol. The Hall–Kier alpha value is -2.72. The summed E-state index contributed by atoms with van der Waals surface area (Å²) in [5, 5.41) is 13.6. The maximum atomic E-state index is 11.8. The number of hydrogen-bond acceptors (Lipinski definition) is 7. The van der Waals surface area contributed by atoms with Gasteiger partial charge in [0.25, 0.3) is 0 Å². The van der Waals surface area contributed by atoms with Crippen LogP contribution < -0.4 is 11.1 Å². The van der Waals surface area contributed by atoms with Crippen LogP contribution in [0.4, 0.5) is 5.69 Å². The third-order valence-electron chi connectivity index (χ3n) is 3.74. The van der Waals surface area contributed by atoms with Crippen LogP contribution in [0, 0.1) is 0 Å². The number of carbonyl (C=O) groups excluding carboxylic acids is 2. The van der Waals surface area contributed by atoms with Gasteiger partial charge in [-0.25, -0.2) is 4.98 Å². The molecule has 0 aliphatic carbocycles. The highest BCUT2D eigenvalue weighted by atomic mass is 32.2. The fourth-order valence-electron chi connectivity index (χ4n) is 2.32. The number of amides is 2. The minimum Gasteiger partial charge on any atom is -0.368 e. The molecule has 140 valence electrons. The van der Waals surface area contributed by atoms with Gasteiger partial charge in [0.05, 0.1) is 0 Å². The lowest BCUT2D eigenvalue weighted by Crippen LogP contribution is -2.19. The first-order valence-electron chi connectivity index (χ1n) is 8.14. The molecule has 0 radical (unpaired) electrons. The van der Waals surface area contributed by atoms with Crippen molar-refractivity contribution in [2.45, 2.75) is 23.8 Å². The molecule has 0 bridgehead atoms. The number of hydrogen-bond donors (Lipinski definition) is 2. The highest BCUT2D eigenvalue weighted by Gasteiger charge is 2.25. The first kappa shape index (κ1) is 19.1. The van der Waals surface area contributed by atoms with Crippen LogP contribution in [-0.4, -0.2) is 31.6 Å². The maximum absolute atomic E-state index is 11.8. The van der Waals surface area contributed by atoms with Crippen LogP contribution in [0.2, 0.25) is 0 Å². The van der Waals surface area contributed by atoms with Crippen molar-refractivity contribution in [1.82, 2.24) is 19.7 Å². The van der Waals surface area contributed by atoms with Gasteiger partial charge in [-0.1, -0.05) is 18.7 Å². The van der Waals surface area contributed by atoms with E-state index in [1.807, 2.05) is 31.3 Å². The molecule has 1 unspecified atom stereocenters. The predicted octanol–water partition coefficient (Wildman–Crippen LogP) is 2.61. The van der Waals surface area contributed by atoms with Crippen molar-refractivity contribution in [1.29, 1.82) is 0 Å². The average molecular weight is 403 g/mol. The Morgan fingerprint density at radius 3 is 2.63 bits per heavy atom. The average Bonchev–Trinajstić information content (AvgIpc) is 3.30. The van der Waals surface area contributed by atoms with E-state index >= 15 is 0 Å². The van der Waals surface area contributed by atoms with Crippen molar-refractivity contribution in [3.8, 4) is 11.4 Å². The SMILES string of the molecule is CCC(=O)Nc1ccc(-c2nnc(SC(C(N)=O)c3nccs3)n2C)cc1. The van der Waals surface area contributed by atoms with Crippen LogP contribution in [0.25, 0.3) is 11.4 Å². The number of benzene rings is 1. The molecule has 1 atom stereocenters. The van der Waals surface area contributed by atoms with Gasteiger partial charge in [-0.15, -0.1) is 21.5 Å². The standard InChI is InChI=1S/C17H18N6O2S2/c1-3-12(24)20-11-6-4-10(5-7-11)15-21-22-17(23(15)2)27-13(14(18)25)16-19-8-9-26-16/h4-9,13H,3H2,1-2H3,(H2,18,25)(H,20,24). The molecule has 3 rings (SSSR count). The smallest absolute Gasteiger partial charge is 0.238 e. The zero-order valence-electron chi connectivity index (χ0n) is 14.7. The van der Waals surface area contributed by atoms with Crippen molar-refractivity contribution < 1.29 is 9.59 Å². The van der Waals surface area contributed by atoms with Crippen molar-refractivity contribution in [3.05, 3.63) is 40.8 Å². The Bertz CT molecular complexity index is 937. The molecule has 0 aliphatic heterocycles. The van der Waals surface area contributed by atoms with Crippen molar-refractivity contribution >= 4 is 40.6 Å². The van der Waals surface area contributed by atoms with E-state index in [-0.39, 0.29) is 5.91 Å². The van der Waals surface area contributed by atoms with Gasteiger partial charge in [-0.05, 0) is 24.3 Å². The molecule has 1 aromatic carbocycles. The summed E-state index contributed by atoms with van der Waals surface area (Å²) in [7, 11) is 1.82. The first-order valence-corrected chi connectivity index (χ1v) is 9.90. The lowest BCUT2D eigenvalue weighted by atomic mass is 10.2. The van der Waals surface area contributed by atoms with E-state index in [9.17, 15) is 9.59 Å². The molecule has 27 heavy (non-hydrogen) atoms. The summed E-state index contributed by atoms with van der Waals surface area (Å²) < 4.78 is 1.80. The van der Waals surface area contributed by atoms with Crippen LogP contribution in [0.15, 0.2) is 41.0 Å². The summed E-state index contributed by atoms with van der Waals surface area (Å²) >= 11 is 2.59. The lowest BCUT2D eigenvalue weighted by molar-refractivity contribution is -0.117. The van der Waals surface area contributed by atoms with E-state index in [0.717, 1.165) is 11.3 Å². The molecular weight excluding hydrogens is 384 g/mol. The molecule has 2 aromatic heterocycles. The molecular formula is C17H18N6O2S2. The molecule has 0 fully saturated rings. The minimum atomic E-state index is -0.618. The van der Waals surface area contributed by atoms with Gasteiger partial charge >= 0.3 is 0 Å². The highest BCUT2D eigenvalue weighted by Crippen LogP contribution is 2.36. The van der Waals surface area contributed by atoms with Crippen molar-refractivity contribution in [3.63, 3.8) is 0 Å². The van der Waals surface area contributed by atoms with Gasteiger partial charge in [-0.2, -0.15) is 0 Å². The second-order valence-electron chi connectivity index (χ2n) is 5.61. The normalized spacial score (nSPS) is 11.9. The Balaban J connectivity index is 1.80. The summed E-state index contributed by atoms with van der Waals surface area (Å²) in [5.41, 5.74) is 7.09. The van der Waals surface area contributed by atoms with Crippen LogP contribution in [0.1, 0.15) is 23.6 Å². The third kappa shape index (κ3) is 4.34. The molecule has 0 spiro atoms. The zero-order valence-corrected chi connectivity index (χ0v) is 16.4. The van der Waals surface area contributed by atoms with Gasteiger partial charge in [0, 0.05) is 36.3 Å². The van der Waals surface area contributed by atoms with E-state index in [0.29, 0.717) is 22.4 Å². The van der Waals surface area contributed by atoms with Crippen LogP contribution in [-0.2, 0) is 16.6 Å². The molecule has 0 saturated heterocycles. The number of thiazole rings is 1. The summed E-state index contributed by atoms with van der Waals surface area (Å²) in [4.78, 5) is 27.5. The molecule has 0 aliphatic rings. The molecule has 3 N–H and O–H groups in total. The number of anilines is 1. The summed E-state index contributed by atoms with van der Waals surface area (Å²) in [5.74, 6) is 0.128. The third-order valence-corrected chi connectivity index (χ3v) is 5.99. The number of carbonyl (C=O) groups is 2. The molecule has 2 amide bonds. The van der Waals surface area contributed by atoms with Crippen LogP contribution in [0.5, 0.6) is 0 Å². The van der Waals surface area contributed by atoms with Gasteiger partial charge < -0.3 is 15.6 Å². The zero-order chi connectivity index (χ0) is 19.4. The number of nitrogens with zero attached hydrogens (tertiary/aromatic N) is 4. The molecule has 3 aromatic rings. The number of primary amides is 1. The second-order valence-corrected chi connectivity index (χ2v) is 7.61. The van der Waals surface area contributed by atoms with Crippen molar-refractivity contribution in [2.24, 2.45) is 12.8 Å². The van der Waals surface area contributed by atoms with Gasteiger partial charge in [-0.3, -0.25) is 9.59 Å². The summed E-state index contributed by atoms with van der Waals surface area (Å²) in [6, 6.07) is 7.34. The van der Waals surface area contributed by atoms with E-state index in [1.165, 1.54) is 23.1 Å². The molecule has 2 heterocycles. The van der Waals surface area contributed by atoms with Crippen molar-refractivity contribution in [2.75, 3.05) is 5.32 Å². The summed E-state index contributed by atoms with van der Waals surface area (Å²) in [6.07, 6.45) is 2.06. The summed E-state index contributed by atoms with van der Waals surface area (Å²) in [6.45, 7) is 1.80. The maximum Gasteiger partial charge on any atom is 0.238 e. The number of thioether (sulfide) groups is 1. The fourth-order valence-corrected chi connectivity index (χ4v) is 4.08. The Labute approximate surface area is 164 Å². The minimum absolute atomic E-state index is 0.0419. The number of nitrogens with one attached hydrogen (secondary N) is 1. The van der Waals surface area contributed by atoms with Gasteiger partial charge in [0.15, 0.2) is 11.0 Å². The molecule has 0 saturated carbocycles. The van der Waals surface area contributed by atoms with Gasteiger partial charge in [0.2, 0.25) is 11.8 Å². The van der Waals surface area contributed by atoms with E-state index in [4.69, 9.17) is 5.73 Å². The first-order chi connectivity index (χ1) is 13.0. The largest absolute Gasteiger partial charge is 0.368 e. The fraction of sp³-hybridized carbons (Fsp3) is 0.235. The van der Waals surface area contributed by atoms with Crippen LogP contribution in [0.3, 0.4) is 0 Å². The second kappa shape index (κ2) is 8.31. The highest BCUT2D eigenvalue weighted by molar-refractivity contribution is 8.00.